The van der Waals surface area contributed by atoms with Gasteiger partial charge in [-0.2, -0.15) is 0 Å². The standard InChI is InChI=1S/C17H21NO2/c1-12-3-4-14(7-13(12)2)9-18-17-6-5-15(10-19)16(8-17)11-20/h3-8,18-20H,9-11H2,1-2H3. The van der Waals surface area contributed by atoms with Gasteiger partial charge in [0, 0.05) is 12.2 Å². The van der Waals surface area contributed by atoms with Gasteiger partial charge in [-0.25, -0.2) is 0 Å². The van der Waals surface area contributed by atoms with Gasteiger partial charge in [-0.15, -0.1) is 0 Å². The highest BCUT2D eigenvalue weighted by molar-refractivity contribution is 5.49. The van der Waals surface area contributed by atoms with Crippen LogP contribution in [0.25, 0.3) is 0 Å². The molecule has 0 fully saturated rings. The fourth-order valence-corrected chi connectivity index (χ4v) is 2.15. The number of nitrogens with one attached hydrogen (secondary N) is 1. The zero-order valence-electron chi connectivity index (χ0n) is 12.0. The van der Waals surface area contributed by atoms with Crippen LogP contribution in [-0.4, -0.2) is 10.2 Å². The van der Waals surface area contributed by atoms with E-state index in [1.54, 1.807) is 0 Å². The maximum absolute atomic E-state index is 9.29. The van der Waals surface area contributed by atoms with Crippen molar-refractivity contribution in [1.82, 2.24) is 0 Å². The van der Waals surface area contributed by atoms with Crippen molar-refractivity contribution < 1.29 is 10.2 Å². The lowest BCUT2D eigenvalue weighted by Gasteiger charge is -2.11. The van der Waals surface area contributed by atoms with Crippen molar-refractivity contribution >= 4 is 5.69 Å². The molecular formula is C17H21NO2. The van der Waals surface area contributed by atoms with Crippen LogP contribution < -0.4 is 5.32 Å². The molecule has 0 aromatic heterocycles. The van der Waals surface area contributed by atoms with Crippen molar-refractivity contribution in [1.29, 1.82) is 0 Å². The summed E-state index contributed by atoms with van der Waals surface area (Å²) in [5, 5.41) is 21.8. The Morgan fingerprint density at radius 2 is 1.60 bits per heavy atom. The second kappa shape index (κ2) is 6.55. The van der Waals surface area contributed by atoms with Gasteiger partial charge >= 0.3 is 0 Å². The summed E-state index contributed by atoms with van der Waals surface area (Å²) in [7, 11) is 0. The Labute approximate surface area is 119 Å². The fraction of sp³-hybridized carbons (Fsp3) is 0.294. The summed E-state index contributed by atoms with van der Waals surface area (Å²) in [5.41, 5.74) is 6.29. The van der Waals surface area contributed by atoms with Crippen molar-refractivity contribution in [3.8, 4) is 0 Å². The molecule has 20 heavy (non-hydrogen) atoms. The Bertz CT molecular complexity index is 594. The number of aliphatic hydroxyl groups excluding tert-OH is 2. The molecule has 106 valence electrons. The Morgan fingerprint density at radius 1 is 0.850 bits per heavy atom. The predicted molar refractivity (Wildman–Crippen MR) is 81.5 cm³/mol. The topological polar surface area (TPSA) is 52.5 Å². The second-order valence-electron chi connectivity index (χ2n) is 5.07. The van der Waals surface area contributed by atoms with Gasteiger partial charge in [-0.05, 0) is 53.8 Å². The number of aryl methyl sites for hydroxylation is 2. The largest absolute Gasteiger partial charge is 0.392 e. The van der Waals surface area contributed by atoms with Crippen LogP contribution in [0.5, 0.6) is 0 Å². The molecule has 0 radical (unpaired) electrons. The van der Waals surface area contributed by atoms with Crippen LogP contribution in [0.4, 0.5) is 5.69 Å². The Kier molecular flexibility index (Phi) is 4.77. The molecule has 3 heteroatoms. The average molecular weight is 271 g/mol. The van der Waals surface area contributed by atoms with Crippen LogP contribution in [0.3, 0.4) is 0 Å². The molecule has 2 aromatic rings. The molecule has 3 N–H and O–H groups in total. The van der Waals surface area contributed by atoms with E-state index in [0.29, 0.717) is 0 Å². The molecular weight excluding hydrogens is 250 g/mol. The summed E-state index contributed by atoms with van der Waals surface area (Å²) in [6, 6.07) is 12.1. The van der Waals surface area contributed by atoms with Gasteiger partial charge in [0.2, 0.25) is 0 Å². The molecule has 0 heterocycles. The number of aliphatic hydroxyl groups is 2. The van der Waals surface area contributed by atoms with Gasteiger partial charge in [0.1, 0.15) is 0 Å². The van der Waals surface area contributed by atoms with Crippen molar-refractivity contribution in [3.63, 3.8) is 0 Å². The molecule has 0 amide bonds. The Balaban J connectivity index is 2.08. The minimum absolute atomic E-state index is 0.0483. The van der Waals surface area contributed by atoms with Crippen LogP contribution in [0.1, 0.15) is 27.8 Å². The lowest BCUT2D eigenvalue weighted by Crippen LogP contribution is -2.02. The molecule has 0 unspecified atom stereocenters. The molecule has 0 saturated heterocycles. The van der Waals surface area contributed by atoms with Crippen molar-refractivity contribution in [2.75, 3.05) is 5.32 Å². The third-order valence-corrected chi connectivity index (χ3v) is 3.61. The minimum atomic E-state index is -0.0605. The van der Waals surface area contributed by atoms with Gasteiger partial charge in [0.15, 0.2) is 0 Å². The molecule has 2 aromatic carbocycles. The first-order valence-electron chi connectivity index (χ1n) is 6.77. The van der Waals surface area contributed by atoms with E-state index < -0.39 is 0 Å². The molecule has 2 rings (SSSR count). The number of rotatable bonds is 5. The number of anilines is 1. The lowest BCUT2D eigenvalue weighted by atomic mass is 10.1. The summed E-state index contributed by atoms with van der Waals surface area (Å²) in [4.78, 5) is 0. The van der Waals surface area contributed by atoms with Gasteiger partial charge in [-0.3, -0.25) is 0 Å². The maximum Gasteiger partial charge on any atom is 0.0686 e. The SMILES string of the molecule is Cc1ccc(CNc2ccc(CO)c(CO)c2)cc1C. The van der Waals surface area contributed by atoms with Crippen LogP contribution in [-0.2, 0) is 19.8 Å². The zero-order chi connectivity index (χ0) is 14.5. The van der Waals surface area contributed by atoms with E-state index in [0.717, 1.165) is 23.4 Å². The van der Waals surface area contributed by atoms with E-state index in [2.05, 4.69) is 37.4 Å². The Hall–Kier alpha value is -1.84. The van der Waals surface area contributed by atoms with Gasteiger partial charge < -0.3 is 15.5 Å². The molecule has 0 aliphatic carbocycles. The van der Waals surface area contributed by atoms with E-state index >= 15 is 0 Å². The molecule has 0 saturated carbocycles. The molecule has 0 aliphatic heterocycles. The highest BCUT2D eigenvalue weighted by Crippen LogP contribution is 2.18. The van der Waals surface area contributed by atoms with Gasteiger partial charge in [-0.1, -0.05) is 24.3 Å². The quantitative estimate of drug-likeness (QED) is 0.783. The summed E-state index contributed by atoms with van der Waals surface area (Å²) in [5.74, 6) is 0. The average Bonchev–Trinajstić information content (AvgIpc) is 2.48. The lowest BCUT2D eigenvalue weighted by molar-refractivity contribution is 0.260. The number of hydrogen-bond acceptors (Lipinski definition) is 3. The first-order valence-corrected chi connectivity index (χ1v) is 6.77. The maximum atomic E-state index is 9.29. The molecule has 0 atom stereocenters. The predicted octanol–water partition coefficient (Wildman–Crippen LogP) is 2.90. The summed E-state index contributed by atoms with van der Waals surface area (Å²) >= 11 is 0. The summed E-state index contributed by atoms with van der Waals surface area (Å²) in [6.45, 7) is 4.85. The minimum Gasteiger partial charge on any atom is -0.392 e. The number of benzene rings is 2. The van der Waals surface area contributed by atoms with E-state index in [1.165, 1.54) is 16.7 Å². The molecule has 0 spiro atoms. The molecule has 0 bridgehead atoms. The third-order valence-electron chi connectivity index (χ3n) is 3.61. The fourth-order valence-electron chi connectivity index (χ4n) is 2.15. The zero-order valence-corrected chi connectivity index (χ0v) is 12.0. The first kappa shape index (κ1) is 14.6. The monoisotopic (exact) mass is 271 g/mol. The van der Waals surface area contributed by atoms with Crippen LogP contribution in [0.2, 0.25) is 0 Å². The first-order chi connectivity index (χ1) is 9.63. The molecule has 0 aliphatic rings. The normalized spacial score (nSPS) is 10.6. The smallest absolute Gasteiger partial charge is 0.0686 e. The molecule has 3 nitrogen and oxygen atoms in total. The van der Waals surface area contributed by atoms with Gasteiger partial charge in [0.05, 0.1) is 13.2 Å². The van der Waals surface area contributed by atoms with E-state index in [9.17, 15) is 10.2 Å². The number of hydrogen-bond donors (Lipinski definition) is 3. The highest BCUT2D eigenvalue weighted by Gasteiger charge is 2.03. The van der Waals surface area contributed by atoms with Crippen LogP contribution >= 0.6 is 0 Å². The van der Waals surface area contributed by atoms with E-state index in [1.807, 2.05) is 18.2 Å². The van der Waals surface area contributed by atoms with Crippen LogP contribution in [0, 0.1) is 13.8 Å². The second-order valence-corrected chi connectivity index (χ2v) is 5.07. The van der Waals surface area contributed by atoms with Crippen molar-refractivity contribution in [3.05, 3.63) is 64.2 Å². The van der Waals surface area contributed by atoms with Crippen molar-refractivity contribution in [2.24, 2.45) is 0 Å². The summed E-state index contributed by atoms with van der Waals surface area (Å²) < 4.78 is 0. The Morgan fingerprint density at radius 3 is 2.25 bits per heavy atom. The highest BCUT2D eigenvalue weighted by atomic mass is 16.3. The van der Waals surface area contributed by atoms with Gasteiger partial charge in [0.25, 0.3) is 0 Å². The van der Waals surface area contributed by atoms with Crippen molar-refractivity contribution in [2.45, 2.75) is 33.6 Å². The third kappa shape index (κ3) is 3.38. The van der Waals surface area contributed by atoms with E-state index in [4.69, 9.17) is 0 Å². The summed E-state index contributed by atoms with van der Waals surface area (Å²) in [6.07, 6.45) is 0. The van der Waals surface area contributed by atoms with Crippen LogP contribution in [0.15, 0.2) is 36.4 Å². The van der Waals surface area contributed by atoms with E-state index in [-0.39, 0.29) is 13.2 Å².